The lowest BCUT2D eigenvalue weighted by atomic mass is 10.0. The van der Waals surface area contributed by atoms with Gasteiger partial charge in [0.1, 0.15) is 5.75 Å². The number of ether oxygens (including phenoxy) is 1. The predicted octanol–water partition coefficient (Wildman–Crippen LogP) is 4.98. The first kappa shape index (κ1) is 14.4. The van der Waals surface area contributed by atoms with Crippen LogP contribution in [0.5, 0.6) is 5.75 Å². The molecule has 2 nitrogen and oxygen atoms in total. The monoisotopic (exact) mass is 295 g/mol. The number of nitrogens with zero attached hydrogens (tertiary/aromatic N) is 1. The molecule has 19 heavy (non-hydrogen) atoms. The molecule has 4 heteroatoms. The van der Waals surface area contributed by atoms with Crippen LogP contribution in [0.2, 0.25) is 4.47 Å². The molecular formula is C15H18ClNOS. The van der Waals surface area contributed by atoms with Crippen molar-refractivity contribution in [1.29, 1.82) is 0 Å². The van der Waals surface area contributed by atoms with E-state index in [1.807, 2.05) is 13.0 Å². The number of thiazole rings is 1. The Labute approximate surface area is 123 Å². The van der Waals surface area contributed by atoms with Crippen LogP contribution in [-0.2, 0) is 6.42 Å². The summed E-state index contributed by atoms with van der Waals surface area (Å²) in [4.78, 5) is 5.71. The number of methoxy groups -OCH3 is 1. The van der Waals surface area contributed by atoms with E-state index in [1.165, 1.54) is 4.88 Å². The van der Waals surface area contributed by atoms with Crippen LogP contribution in [-0.4, -0.2) is 12.1 Å². The van der Waals surface area contributed by atoms with Gasteiger partial charge in [-0.25, -0.2) is 4.98 Å². The fourth-order valence-electron chi connectivity index (χ4n) is 2.03. The number of halogens is 1. The smallest absolute Gasteiger partial charge is 0.184 e. The summed E-state index contributed by atoms with van der Waals surface area (Å²) in [6.07, 6.45) is 0.996. The molecule has 2 rings (SSSR count). The quantitative estimate of drug-likeness (QED) is 0.793. The van der Waals surface area contributed by atoms with Crippen LogP contribution in [0.15, 0.2) is 18.2 Å². The van der Waals surface area contributed by atoms with E-state index in [9.17, 15) is 0 Å². The van der Waals surface area contributed by atoms with Gasteiger partial charge >= 0.3 is 0 Å². The third kappa shape index (κ3) is 3.28. The Balaban J connectivity index is 2.46. The largest absolute Gasteiger partial charge is 0.496 e. The van der Waals surface area contributed by atoms with Gasteiger partial charge in [0, 0.05) is 10.4 Å². The molecule has 0 spiro atoms. The number of rotatable bonds is 4. The van der Waals surface area contributed by atoms with E-state index >= 15 is 0 Å². The van der Waals surface area contributed by atoms with Crippen molar-refractivity contribution in [2.45, 2.75) is 27.2 Å². The molecule has 0 aliphatic rings. The fraction of sp³-hybridized carbons (Fsp3) is 0.400. The van der Waals surface area contributed by atoms with Gasteiger partial charge in [0.05, 0.1) is 12.8 Å². The van der Waals surface area contributed by atoms with Gasteiger partial charge < -0.3 is 4.74 Å². The van der Waals surface area contributed by atoms with Gasteiger partial charge in [-0.3, -0.25) is 0 Å². The summed E-state index contributed by atoms with van der Waals surface area (Å²) in [5, 5.41) is 0. The highest BCUT2D eigenvalue weighted by molar-refractivity contribution is 7.16. The number of hydrogen-bond donors (Lipinski definition) is 0. The molecule has 0 atom stereocenters. The Bertz CT molecular complexity index is 578. The zero-order valence-electron chi connectivity index (χ0n) is 11.7. The van der Waals surface area contributed by atoms with Crippen LogP contribution in [0, 0.1) is 12.8 Å². The molecule has 0 N–H and O–H groups in total. The van der Waals surface area contributed by atoms with Gasteiger partial charge in [0.25, 0.3) is 0 Å². The van der Waals surface area contributed by atoms with E-state index in [2.05, 4.69) is 31.0 Å². The summed E-state index contributed by atoms with van der Waals surface area (Å²) in [6, 6.07) is 6.16. The number of aryl methyl sites for hydroxylation is 1. The van der Waals surface area contributed by atoms with Crippen LogP contribution in [0.4, 0.5) is 0 Å². The topological polar surface area (TPSA) is 22.1 Å². The molecule has 0 aliphatic carbocycles. The first-order valence-electron chi connectivity index (χ1n) is 6.31. The molecule has 0 saturated carbocycles. The second-order valence-corrected chi connectivity index (χ2v) is 6.69. The lowest BCUT2D eigenvalue weighted by molar-refractivity contribution is 0.412. The van der Waals surface area contributed by atoms with Gasteiger partial charge in [-0.15, -0.1) is 11.3 Å². The Morgan fingerprint density at radius 2 is 2.11 bits per heavy atom. The zero-order valence-corrected chi connectivity index (χ0v) is 13.2. The minimum atomic E-state index is 0.586. The zero-order chi connectivity index (χ0) is 14.0. The molecular weight excluding hydrogens is 278 g/mol. The first-order valence-corrected chi connectivity index (χ1v) is 7.51. The van der Waals surface area contributed by atoms with Crippen LogP contribution >= 0.6 is 22.9 Å². The third-order valence-corrected chi connectivity index (χ3v) is 4.13. The van der Waals surface area contributed by atoms with Crippen LogP contribution < -0.4 is 4.74 Å². The second-order valence-electron chi connectivity index (χ2n) is 5.02. The number of benzene rings is 1. The van der Waals surface area contributed by atoms with Gasteiger partial charge in [-0.1, -0.05) is 37.6 Å². The average Bonchev–Trinajstić information content (AvgIpc) is 2.70. The highest BCUT2D eigenvalue weighted by atomic mass is 35.5. The lowest BCUT2D eigenvalue weighted by Crippen LogP contribution is -1.94. The van der Waals surface area contributed by atoms with Crippen molar-refractivity contribution in [3.8, 4) is 17.0 Å². The fourth-order valence-corrected chi connectivity index (χ4v) is 3.41. The Morgan fingerprint density at radius 1 is 1.37 bits per heavy atom. The Hall–Kier alpha value is -1.06. The molecule has 0 bridgehead atoms. The van der Waals surface area contributed by atoms with Crippen molar-refractivity contribution in [3.63, 3.8) is 0 Å². The molecule has 102 valence electrons. The Morgan fingerprint density at radius 3 is 2.74 bits per heavy atom. The van der Waals surface area contributed by atoms with Crippen molar-refractivity contribution in [2.24, 2.45) is 5.92 Å². The molecule has 1 aromatic carbocycles. The normalized spacial score (nSPS) is 11.1. The Kier molecular flexibility index (Phi) is 4.48. The molecule has 0 saturated heterocycles. The van der Waals surface area contributed by atoms with E-state index in [4.69, 9.17) is 16.3 Å². The van der Waals surface area contributed by atoms with Crippen molar-refractivity contribution in [1.82, 2.24) is 4.98 Å². The van der Waals surface area contributed by atoms with Crippen molar-refractivity contribution >= 4 is 22.9 Å². The summed E-state index contributed by atoms with van der Waals surface area (Å²) in [6.45, 7) is 6.44. The minimum Gasteiger partial charge on any atom is -0.496 e. The molecule has 2 aromatic rings. The molecule has 1 heterocycles. The minimum absolute atomic E-state index is 0.586. The van der Waals surface area contributed by atoms with Gasteiger partial charge in [-0.2, -0.15) is 0 Å². The standard InChI is InChI=1S/C15H18ClNOS/c1-9(2)7-13-14(17-15(16)19-13)11-6-5-10(3)12(8-11)18-4/h5-6,8-9H,7H2,1-4H3. The molecule has 1 aromatic heterocycles. The van der Waals surface area contributed by atoms with Crippen LogP contribution in [0.25, 0.3) is 11.3 Å². The van der Waals surface area contributed by atoms with Crippen molar-refractivity contribution in [2.75, 3.05) is 7.11 Å². The first-order chi connectivity index (χ1) is 9.01. The molecule has 0 unspecified atom stereocenters. The van der Waals surface area contributed by atoms with Crippen LogP contribution in [0.1, 0.15) is 24.3 Å². The maximum absolute atomic E-state index is 6.08. The molecule has 0 aliphatic heterocycles. The number of hydrogen-bond acceptors (Lipinski definition) is 3. The van der Waals surface area contributed by atoms with E-state index in [-0.39, 0.29) is 0 Å². The maximum atomic E-state index is 6.08. The van der Waals surface area contributed by atoms with E-state index in [0.29, 0.717) is 10.4 Å². The average molecular weight is 296 g/mol. The molecule has 0 radical (unpaired) electrons. The summed E-state index contributed by atoms with van der Waals surface area (Å²) < 4.78 is 5.98. The predicted molar refractivity (Wildman–Crippen MR) is 82.4 cm³/mol. The summed E-state index contributed by atoms with van der Waals surface area (Å²) in [7, 11) is 1.69. The van der Waals surface area contributed by atoms with E-state index in [1.54, 1.807) is 18.4 Å². The number of aromatic nitrogens is 1. The highest BCUT2D eigenvalue weighted by Crippen LogP contribution is 2.34. The summed E-state index contributed by atoms with van der Waals surface area (Å²) >= 11 is 7.65. The molecule has 0 fully saturated rings. The second kappa shape index (κ2) is 5.93. The van der Waals surface area contributed by atoms with Gasteiger partial charge in [0.2, 0.25) is 0 Å². The molecule has 0 amide bonds. The van der Waals surface area contributed by atoms with E-state index in [0.717, 1.165) is 29.0 Å². The lowest BCUT2D eigenvalue weighted by Gasteiger charge is -2.08. The van der Waals surface area contributed by atoms with Crippen molar-refractivity contribution < 1.29 is 4.74 Å². The van der Waals surface area contributed by atoms with Gasteiger partial charge in [-0.05, 0) is 30.9 Å². The summed E-state index contributed by atoms with van der Waals surface area (Å²) in [5.41, 5.74) is 3.18. The van der Waals surface area contributed by atoms with E-state index < -0.39 is 0 Å². The third-order valence-electron chi connectivity index (χ3n) is 2.95. The van der Waals surface area contributed by atoms with Crippen molar-refractivity contribution in [3.05, 3.63) is 33.1 Å². The maximum Gasteiger partial charge on any atom is 0.184 e. The van der Waals surface area contributed by atoms with Crippen LogP contribution in [0.3, 0.4) is 0 Å². The van der Waals surface area contributed by atoms with Gasteiger partial charge in [0.15, 0.2) is 4.47 Å². The SMILES string of the molecule is COc1cc(-c2nc(Cl)sc2CC(C)C)ccc1C. The highest BCUT2D eigenvalue weighted by Gasteiger charge is 2.14. The summed E-state index contributed by atoms with van der Waals surface area (Å²) in [5.74, 6) is 1.47.